The maximum Gasteiger partial charge on any atom is 0.133 e. The van der Waals surface area contributed by atoms with Gasteiger partial charge in [0.1, 0.15) is 17.3 Å². The lowest BCUT2D eigenvalue weighted by Crippen LogP contribution is -2.04. The van der Waals surface area contributed by atoms with Crippen LogP contribution < -0.4 is 5.73 Å². The average Bonchev–Trinajstić information content (AvgIpc) is 2.88. The molecule has 0 saturated heterocycles. The van der Waals surface area contributed by atoms with Crippen LogP contribution in [0.1, 0.15) is 12.7 Å². The second kappa shape index (κ2) is 4.45. The van der Waals surface area contributed by atoms with E-state index in [1.807, 2.05) is 22.1 Å². The molecule has 2 N–H and O–H groups in total. The first-order valence-electron chi connectivity index (χ1n) is 5.63. The number of hydrogen-bond donors (Lipinski definition) is 1. The van der Waals surface area contributed by atoms with Crippen LogP contribution in [0.2, 0.25) is 0 Å². The minimum atomic E-state index is 0.664. The molecule has 0 aliphatic heterocycles. The number of imidazole rings is 2. The zero-order valence-corrected chi connectivity index (χ0v) is 10.2. The fourth-order valence-electron chi connectivity index (χ4n) is 1.90. The first-order valence-corrected chi connectivity index (χ1v) is 5.63. The van der Waals surface area contributed by atoms with E-state index in [4.69, 9.17) is 5.73 Å². The van der Waals surface area contributed by atoms with E-state index in [1.54, 1.807) is 12.5 Å². The van der Waals surface area contributed by atoms with Gasteiger partial charge in [0.25, 0.3) is 0 Å². The predicted molar refractivity (Wildman–Crippen MR) is 68.5 cm³/mol. The third-order valence-electron chi connectivity index (χ3n) is 2.80. The van der Waals surface area contributed by atoms with E-state index in [0.717, 1.165) is 23.8 Å². The number of aryl methyl sites for hydroxylation is 2. The predicted octanol–water partition coefficient (Wildman–Crippen LogP) is 1.84. The summed E-state index contributed by atoms with van der Waals surface area (Å²) in [6.45, 7) is 9.25. The molecule has 0 aromatic carbocycles. The maximum atomic E-state index is 6.12. The standard InChI is InChI=1S/C12H17N5/c1-4-6-17-9(3)15-11(12(17)13)10-7-14-8-16(10)5-2/h4,7-8H,1,5-6,13H2,2-3H3. The van der Waals surface area contributed by atoms with Crippen LogP contribution in [-0.2, 0) is 13.1 Å². The largest absolute Gasteiger partial charge is 0.383 e. The monoisotopic (exact) mass is 231 g/mol. The smallest absolute Gasteiger partial charge is 0.133 e. The van der Waals surface area contributed by atoms with E-state index in [9.17, 15) is 0 Å². The molecule has 0 radical (unpaired) electrons. The van der Waals surface area contributed by atoms with Crippen molar-refractivity contribution in [2.45, 2.75) is 26.9 Å². The molecule has 2 heterocycles. The van der Waals surface area contributed by atoms with Crippen LogP contribution in [0.4, 0.5) is 5.82 Å². The topological polar surface area (TPSA) is 61.7 Å². The number of nitrogens with zero attached hydrogens (tertiary/aromatic N) is 4. The van der Waals surface area contributed by atoms with Crippen LogP contribution in [-0.4, -0.2) is 19.1 Å². The molecule has 2 aromatic rings. The maximum absolute atomic E-state index is 6.12. The van der Waals surface area contributed by atoms with E-state index in [1.165, 1.54) is 0 Å². The van der Waals surface area contributed by atoms with Gasteiger partial charge >= 0.3 is 0 Å². The summed E-state index contributed by atoms with van der Waals surface area (Å²) in [4.78, 5) is 8.64. The Kier molecular flexibility index (Phi) is 2.99. The highest BCUT2D eigenvalue weighted by molar-refractivity contribution is 5.68. The molecule has 0 unspecified atom stereocenters. The van der Waals surface area contributed by atoms with Crippen LogP contribution in [0.25, 0.3) is 11.4 Å². The Hall–Kier alpha value is -2.04. The molecular formula is C12H17N5. The molecule has 0 fully saturated rings. The zero-order chi connectivity index (χ0) is 12.4. The Morgan fingerprint density at radius 3 is 2.94 bits per heavy atom. The van der Waals surface area contributed by atoms with Gasteiger partial charge in [-0.15, -0.1) is 6.58 Å². The van der Waals surface area contributed by atoms with Gasteiger partial charge in [0.2, 0.25) is 0 Å². The lowest BCUT2D eigenvalue weighted by molar-refractivity contribution is 0.767. The summed E-state index contributed by atoms with van der Waals surface area (Å²) in [6.07, 6.45) is 5.39. The van der Waals surface area contributed by atoms with Crippen molar-refractivity contribution in [3.05, 3.63) is 31.0 Å². The third kappa shape index (κ3) is 1.84. The highest BCUT2D eigenvalue weighted by Crippen LogP contribution is 2.25. The van der Waals surface area contributed by atoms with Crippen molar-refractivity contribution >= 4 is 5.82 Å². The molecule has 0 aliphatic carbocycles. The van der Waals surface area contributed by atoms with Crippen molar-refractivity contribution < 1.29 is 0 Å². The average molecular weight is 231 g/mol. The van der Waals surface area contributed by atoms with E-state index in [0.29, 0.717) is 12.4 Å². The fraction of sp³-hybridized carbons (Fsp3) is 0.333. The van der Waals surface area contributed by atoms with Crippen LogP contribution in [0.15, 0.2) is 25.2 Å². The van der Waals surface area contributed by atoms with Crippen LogP contribution in [0, 0.1) is 6.92 Å². The van der Waals surface area contributed by atoms with Gasteiger partial charge < -0.3 is 14.9 Å². The van der Waals surface area contributed by atoms with Gasteiger partial charge in [-0.25, -0.2) is 9.97 Å². The molecule has 2 rings (SSSR count). The highest BCUT2D eigenvalue weighted by atomic mass is 15.2. The highest BCUT2D eigenvalue weighted by Gasteiger charge is 2.15. The Labute approximate surface area is 101 Å². The molecule has 0 bridgehead atoms. The van der Waals surface area contributed by atoms with Crippen molar-refractivity contribution in [3.8, 4) is 11.4 Å². The Morgan fingerprint density at radius 1 is 1.53 bits per heavy atom. The number of nitrogens with two attached hydrogens (primary N) is 1. The van der Waals surface area contributed by atoms with Gasteiger partial charge in [-0.05, 0) is 13.8 Å². The third-order valence-corrected chi connectivity index (χ3v) is 2.80. The molecule has 0 amide bonds. The van der Waals surface area contributed by atoms with Crippen molar-refractivity contribution in [1.29, 1.82) is 0 Å². The summed E-state index contributed by atoms with van der Waals surface area (Å²) in [5, 5.41) is 0. The first-order chi connectivity index (χ1) is 8.19. The Morgan fingerprint density at radius 2 is 2.29 bits per heavy atom. The molecule has 5 nitrogen and oxygen atoms in total. The van der Waals surface area contributed by atoms with Crippen molar-refractivity contribution in [1.82, 2.24) is 19.1 Å². The normalized spacial score (nSPS) is 10.7. The summed E-state index contributed by atoms with van der Waals surface area (Å²) in [5.74, 6) is 1.55. The lowest BCUT2D eigenvalue weighted by atomic mass is 10.3. The zero-order valence-electron chi connectivity index (χ0n) is 10.2. The summed E-state index contributed by atoms with van der Waals surface area (Å²) in [7, 11) is 0. The molecule has 5 heteroatoms. The molecule has 0 spiro atoms. The second-order valence-electron chi connectivity index (χ2n) is 3.86. The number of allylic oxidation sites excluding steroid dienone is 1. The van der Waals surface area contributed by atoms with Crippen LogP contribution in [0.3, 0.4) is 0 Å². The van der Waals surface area contributed by atoms with Gasteiger partial charge in [-0.2, -0.15) is 0 Å². The lowest BCUT2D eigenvalue weighted by Gasteiger charge is -2.05. The molecule has 17 heavy (non-hydrogen) atoms. The van der Waals surface area contributed by atoms with E-state index in [-0.39, 0.29) is 0 Å². The van der Waals surface area contributed by atoms with Crippen molar-refractivity contribution in [3.63, 3.8) is 0 Å². The number of aromatic nitrogens is 4. The van der Waals surface area contributed by atoms with Crippen molar-refractivity contribution in [2.75, 3.05) is 5.73 Å². The Bertz CT molecular complexity index is 535. The van der Waals surface area contributed by atoms with Gasteiger partial charge in [0.05, 0.1) is 18.2 Å². The van der Waals surface area contributed by atoms with Crippen LogP contribution in [0.5, 0.6) is 0 Å². The second-order valence-corrected chi connectivity index (χ2v) is 3.86. The SMILES string of the molecule is C=CCn1c(C)nc(-c2cncn2CC)c1N. The van der Waals surface area contributed by atoms with E-state index >= 15 is 0 Å². The summed E-state index contributed by atoms with van der Waals surface area (Å²) < 4.78 is 3.96. The van der Waals surface area contributed by atoms with Gasteiger partial charge in [-0.3, -0.25) is 0 Å². The van der Waals surface area contributed by atoms with Gasteiger partial charge in [0.15, 0.2) is 0 Å². The minimum absolute atomic E-state index is 0.664. The molecule has 0 saturated carbocycles. The summed E-state index contributed by atoms with van der Waals surface area (Å²) in [5.41, 5.74) is 7.87. The van der Waals surface area contributed by atoms with Gasteiger partial charge in [0, 0.05) is 13.1 Å². The summed E-state index contributed by atoms with van der Waals surface area (Å²) >= 11 is 0. The molecule has 0 atom stereocenters. The summed E-state index contributed by atoms with van der Waals surface area (Å²) in [6, 6.07) is 0. The Balaban J connectivity index is 2.53. The number of anilines is 1. The number of rotatable bonds is 4. The van der Waals surface area contributed by atoms with E-state index < -0.39 is 0 Å². The quantitative estimate of drug-likeness (QED) is 0.817. The molecule has 0 aliphatic rings. The van der Waals surface area contributed by atoms with Crippen LogP contribution >= 0.6 is 0 Å². The number of hydrogen-bond acceptors (Lipinski definition) is 3. The van der Waals surface area contributed by atoms with Crippen molar-refractivity contribution in [2.24, 2.45) is 0 Å². The molecular weight excluding hydrogens is 214 g/mol. The van der Waals surface area contributed by atoms with E-state index in [2.05, 4.69) is 23.5 Å². The fourth-order valence-corrected chi connectivity index (χ4v) is 1.90. The first kappa shape index (κ1) is 11.4. The minimum Gasteiger partial charge on any atom is -0.383 e. The molecule has 90 valence electrons. The number of nitrogen functional groups attached to an aromatic ring is 1. The van der Waals surface area contributed by atoms with Gasteiger partial charge in [-0.1, -0.05) is 6.08 Å². The molecule has 2 aromatic heterocycles.